The summed E-state index contributed by atoms with van der Waals surface area (Å²) in [6, 6.07) is 25.3. The summed E-state index contributed by atoms with van der Waals surface area (Å²) < 4.78 is 34.5. The van der Waals surface area contributed by atoms with E-state index in [-0.39, 0.29) is 40.4 Å². The van der Waals surface area contributed by atoms with Crippen molar-refractivity contribution in [3.05, 3.63) is 123 Å². The Kier molecular flexibility index (Phi) is 12.6. The molecule has 0 heterocycles. The molecule has 4 aromatic rings. The summed E-state index contributed by atoms with van der Waals surface area (Å²) >= 11 is 18.7. The third-order valence-corrected chi connectivity index (χ3v) is 10.1. The van der Waals surface area contributed by atoms with E-state index in [0.717, 1.165) is 9.87 Å². The van der Waals surface area contributed by atoms with E-state index in [1.807, 2.05) is 44.2 Å². The molecule has 12 heteroatoms. The van der Waals surface area contributed by atoms with Crippen molar-refractivity contribution >= 4 is 62.3 Å². The zero-order valence-corrected chi connectivity index (χ0v) is 29.3. The van der Waals surface area contributed by atoms with Crippen LogP contribution in [0.1, 0.15) is 25.0 Å². The van der Waals surface area contributed by atoms with Crippen molar-refractivity contribution in [1.82, 2.24) is 10.2 Å². The van der Waals surface area contributed by atoms with Gasteiger partial charge in [-0.25, -0.2) is 8.42 Å². The smallest absolute Gasteiger partial charge is 0.264 e. The number of hydrogen-bond donors (Lipinski definition) is 1. The molecular formula is C35H36Cl3N3O5S. The fourth-order valence-corrected chi connectivity index (χ4v) is 6.68. The number of halogens is 3. The van der Waals surface area contributed by atoms with Crippen LogP contribution >= 0.6 is 34.8 Å². The number of amides is 2. The van der Waals surface area contributed by atoms with Gasteiger partial charge in [-0.3, -0.25) is 13.9 Å². The molecule has 0 fully saturated rings. The van der Waals surface area contributed by atoms with Crippen molar-refractivity contribution in [2.24, 2.45) is 5.92 Å². The zero-order valence-electron chi connectivity index (χ0n) is 26.2. The Morgan fingerprint density at radius 1 is 0.830 bits per heavy atom. The first-order chi connectivity index (χ1) is 22.4. The molecule has 248 valence electrons. The van der Waals surface area contributed by atoms with Crippen molar-refractivity contribution < 1.29 is 22.7 Å². The first kappa shape index (κ1) is 36.1. The van der Waals surface area contributed by atoms with Crippen molar-refractivity contribution in [2.45, 2.75) is 37.8 Å². The van der Waals surface area contributed by atoms with Gasteiger partial charge in [0.2, 0.25) is 11.8 Å². The van der Waals surface area contributed by atoms with Crippen LogP contribution in [0, 0.1) is 5.92 Å². The van der Waals surface area contributed by atoms with Gasteiger partial charge >= 0.3 is 0 Å². The molecule has 4 rings (SSSR count). The number of methoxy groups -OCH3 is 1. The van der Waals surface area contributed by atoms with Gasteiger partial charge in [0.05, 0.1) is 27.7 Å². The molecule has 0 aromatic heterocycles. The van der Waals surface area contributed by atoms with Crippen LogP contribution in [-0.2, 0) is 32.6 Å². The van der Waals surface area contributed by atoms with Crippen LogP contribution in [0.3, 0.4) is 0 Å². The molecule has 0 aliphatic rings. The van der Waals surface area contributed by atoms with Crippen molar-refractivity contribution in [2.75, 3.05) is 24.5 Å². The molecule has 0 saturated carbocycles. The molecule has 47 heavy (non-hydrogen) atoms. The van der Waals surface area contributed by atoms with Gasteiger partial charge in [0.25, 0.3) is 10.0 Å². The van der Waals surface area contributed by atoms with Gasteiger partial charge in [-0.2, -0.15) is 0 Å². The highest BCUT2D eigenvalue weighted by molar-refractivity contribution is 7.92. The molecule has 0 saturated heterocycles. The van der Waals surface area contributed by atoms with Crippen LogP contribution in [0.4, 0.5) is 5.69 Å². The maximum Gasteiger partial charge on any atom is 0.264 e. The van der Waals surface area contributed by atoms with E-state index >= 15 is 0 Å². The molecule has 4 aromatic carbocycles. The maximum atomic E-state index is 14.5. The van der Waals surface area contributed by atoms with Gasteiger partial charge in [0, 0.05) is 24.5 Å². The summed E-state index contributed by atoms with van der Waals surface area (Å²) in [7, 11) is -2.80. The van der Waals surface area contributed by atoms with E-state index in [2.05, 4.69) is 5.32 Å². The molecule has 0 unspecified atom stereocenters. The third-order valence-electron chi connectivity index (χ3n) is 7.33. The highest BCUT2D eigenvalue weighted by Gasteiger charge is 2.34. The van der Waals surface area contributed by atoms with Crippen LogP contribution in [0.15, 0.2) is 102 Å². The topological polar surface area (TPSA) is 96.0 Å². The summed E-state index contributed by atoms with van der Waals surface area (Å²) in [6.07, 6.45) is 0.185. The van der Waals surface area contributed by atoms with Gasteiger partial charge in [-0.05, 0) is 77.7 Å². The van der Waals surface area contributed by atoms with Crippen LogP contribution < -0.4 is 14.4 Å². The van der Waals surface area contributed by atoms with Crippen LogP contribution in [-0.4, -0.2) is 51.4 Å². The molecule has 0 aliphatic heterocycles. The molecule has 0 bridgehead atoms. The lowest BCUT2D eigenvalue weighted by molar-refractivity contribution is -0.140. The Bertz CT molecular complexity index is 1770. The van der Waals surface area contributed by atoms with Gasteiger partial charge in [0.1, 0.15) is 18.3 Å². The number of carbonyl (C=O) groups is 2. The summed E-state index contributed by atoms with van der Waals surface area (Å²) in [4.78, 5) is 29.8. The molecule has 0 spiro atoms. The highest BCUT2D eigenvalue weighted by atomic mass is 35.5. The Balaban J connectivity index is 1.81. The Morgan fingerprint density at radius 2 is 1.49 bits per heavy atom. The normalized spacial score (nSPS) is 12.0. The van der Waals surface area contributed by atoms with Gasteiger partial charge in [-0.1, -0.05) is 85.0 Å². The monoisotopic (exact) mass is 715 g/mol. The van der Waals surface area contributed by atoms with E-state index in [0.29, 0.717) is 27.9 Å². The number of ether oxygens (including phenoxy) is 1. The minimum atomic E-state index is -4.28. The molecule has 0 aliphatic carbocycles. The third kappa shape index (κ3) is 9.64. The number of nitrogens with one attached hydrogen (secondary N) is 1. The first-order valence-electron chi connectivity index (χ1n) is 14.9. The fourth-order valence-electron chi connectivity index (χ4n) is 4.82. The number of anilines is 1. The second-order valence-corrected chi connectivity index (χ2v) is 14.4. The standard InChI is InChI=1S/C35H36Cl3N3O5S/c1-24(2)21-39-35(43)33(20-25-7-5-4-6-8-25)40(22-26-9-18-31(37)32(38)19-26)34(42)23-41(28-12-10-27(36)11-13-28)47(44,45)30-16-14-29(46-3)15-17-30/h4-19,24,33H,20-23H2,1-3H3,(H,39,43)/t33-/m0/s1. The number of benzene rings is 4. The van der Waals surface area contributed by atoms with Gasteiger partial charge < -0.3 is 15.0 Å². The predicted octanol–water partition coefficient (Wildman–Crippen LogP) is 7.26. The van der Waals surface area contributed by atoms with E-state index < -0.39 is 28.5 Å². The van der Waals surface area contributed by atoms with Crippen LogP contribution in [0.25, 0.3) is 0 Å². The fraction of sp³-hybridized carbons (Fsp3) is 0.257. The lowest BCUT2D eigenvalue weighted by Crippen LogP contribution is -2.53. The second-order valence-electron chi connectivity index (χ2n) is 11.3. The van der Waals surface area contributed by atoms with Crippen molar-refractivity contribution in [1.29, 1.82) is 0 Å². The van der Waals surface area contributed by atoms with Crippen LogP contribution in [0.2, 0.25) is 15.1 Å². The minimum absolute atomic E-state index is 0.0423. The Morgan fingerprint density at radius 3 is 2.09 bits per heavy atom. The predicted molar refractivity (Wildman–Crippen MR) is 188 cm³/mol. The number of nitrogens with zero attached hydrogens (tertiary/aromatic N) is 2. The molecule has 1 atom stereocenters. The second kappa shape index (κ2) is 16.4. The van der Waals surface area contributed by atoms with E-state index in [4.69, 9.17) is 39.5 Å². The lowest BCUT2D eigenvalue weighted by Gasteiger charge is -2.34. The number of rotatable bonds is 14. The number of hydrogen-bond acceptors (Lipinski definition) is 5. The number of sulfonamides is 1. The SMILES string of the molecule is COc1ccc(S(=O)(=O)N(CC(=O)N(Cc2ccc(Cl)c(Cl)c2)[C@@H](Cc2ccccc2)C(=O)NCC(C)C)c2ccc(Cl)cc2)cc1. The molecule has 8 nitrogen and oxygen atoms in total. The van der Waals surface area contributed by atoms with E-state index in [1.54, 1.807) is 30.3 Å². The molecular weight excluding hydrogens is 681 g/mol. The summed E-state index contributed by atoms with van der Waals surface area (Å²) in [5.41, 5.74) is 1.65. The quantitative estimate of drug-likeness (QED) is 0.148. The number of carbonyl (C=O) groups excluding carboxylic acids is 2. The largest absolute Gasteiger partial charge is 0.497 e. The maximum absolute atomic E-state index is 14.5. The van der Waals surface area contributed by atoms with Gasteiger partial charge in [-0.15, -0.1) is 0 Å². The molecule has 0 radical (unpaired) electrons. The summed E-state index contributed by atoms with van der Waals surface area (Å²) in [5.74, 6) is -0.344. The molecule has 1 N–H and O–H groups in total. The average Bonchev–Trinajstić information content (AvgIpc) is 3.06. The Hall–Kier alpha value is -3.76. The van der Waals surface area contributed by atoms with E-state index in [1.165, 1.54) is 48.4 Å². The van der Waals surface area contributed by atoms with Crippen molar-refractivity contribution in [3.63, 3.8) is 0 Å². The zero-order chi connectivity index (χ0) is 34.1. The summed E-state index contributed by atoms with van der Waals surface area (Å²) in [5, 5.41) is 3.98. The van der Waals surface area contributed by atoms with Gasteiger partial charge in [0.15, 0.2) is 0 Å². The van der Waals surface area contributed by atoms with E-state index in [9.17, 15) is 18.0 Å². The average molecular weight is 717 g/mol. The van der Waals surface area contributed by atoms with Crippen LogP contribution in [0.5, 0.6) is 5.75 Å². The highest BCUT2D eigenvalue weighted by Crippen LogP contribution is 2.28. The summed E-state index contributed by atoms with van der Waals surface area (Å²) in [6.45, 7) is 3.68. The minimum Gasteiger partial charge on any atom is -0.497 e. The van der Waals surface area contributed by atoms with Crippen molar-refractivity contribution in [3.8, 4) is 5.75 Å². The Labute approximate surface area is 291 Å². The first-order valence-corrected chi connectivity index (χ1v) is 17.4. The molecule has 2 amide bonds. The lowest BCUT2D eigenvalue weighted by atomic mass is 10.0.